The predicted molar refractivity (Wildman–Crippen MR) is 117 cm³/mol. The number of aromatic nitrogens is 5. The summed E-state index contributed by atoms with van der Waals surface area (Å²) in [7, 11) is 0. The molecule has 0 spiro atoms. The number of carbonyl (C=O) groups excluding carboxylic acids is 1. The minimum Gasteiger partial charge on any atom is -0.338 e. The van der Waals surface area contributed by atoms with Crippen LogP contribution in [0.2, 0.25) is 0 Å². The van der Waals surface area contributed by atoms with Crippen molar-refractivity contribution in [2.75, 3.05) is 36.8 Å². The molecule has 1 aliphatic carbocycles. The summed E-state index contributed by atoms with van der Waals surface area (Å²) in [6.45, 7) is 2.89. The summed E-state index contributed by atoms with van der Waals surface area (Å²) in [5, 5.41) is 11.8. The molecule has 0 N–H and O–H groups in total. The lowest BCUT2D eigenvalue weighted by Crippen LogP contribution is -2.49. The standard InChI is InChI=1S/C20H23N7OS2/c28-18(25-8-10-26(11-9-25)19-21-6-2-7-22-19)14-30-20-24-23-17(27(20)15-4-5-15)13-16-3-1-12-29-16/h1-3,6-7,12,15H,4-5,8-11,13-14H2. The number of carbonyl (C=O) groups is 1. The average Bonchev–Trinajstić information content (AvgIpc) is 3.34. The van der Waals surface area contributed by atoms with Crippen molar-refractivity contribution in [1.82, 2.24) is 29.6 Å². The van der Waals surface area contributed by atoms with E-state index in [0.717, 1.165) is 36.4 Å². The van der Waals surface area contributed by atoms with Crippen LogP contribution in [0.25, 0.3) is 0 Å². The number of anilines is 1. The van der Waals surface area contributed by atoms with Crippen LogP contribution in [0, 0.1) is 0 Å². The number of thiophene rings is 1. The summed E-state index contributed by atoms with van der Waals surface area (Å²) in [5.41, 5.74) is 0. The monoisotopic (exact) mass is 441 g/mol. The van der Waals surface area contributed by atoms with E-state index in [1.54, 1.807) is 23.7 Å². The van der Waals surface area contributed by atoms with Gasteiger partial charge < -0.3 is 14.4 Å². The zero-order chi connectivity index (χ0) is 20.3. The molecule has 1 amide bonds. The van der Waals surface area contributed by atoms with E-state index in [0.29, 0.717) is 24.9 Å². The SMILES string of the molecule is O=C(CSc1nnc(Cc2cccs2)n1C1CC1)N1CCN(c2ncccn2)CC1. The Morgan fingerprint density at radius 3 is 2.60 bits per heavy atom. The number of rotatable bonds is 7. The van der Waals surface area contributed by atoms with Crippen LogP contribution in [0.5, 0.6) is 0 Å². The number of piperazine rings is 1. The van der Waals surface area contributed by atoms with Crippen molar-refractivity contribution in [3.8, 4) is 0 Å². The number of hydrogen-bond acceptors (Lipinski definition) is 8. The smallest absolute Gasteiger partial charge is 0.233 e. The van der Waals surface area contributed by atoms with Crippen molar-refractivity contribution in [1.29, 1.82) is 0 Å². The molecule has 8 nitrogen and oxygen atoms in total. The molecular weight excluding hydrogens is 418 g/mol. The molecule has 5 rings (SSSR count). The van der Waals surface area contributed by atoms with Gasteiger partial charge in [-0.1, -0.05) is 17.8 Å². The second kappa shape index (κ2) is 8.73. The van der Waals surface area contributed by atoms with Gasteiger partial charge in [0.05, 0.1) is 5.75 Å². The highest BCUT2D eigenvalue weighted by molar-refractivity contribution is 7.99. The molecule has 4 heterocycles. The molecule has 30 heavy (non-hydrogen) atoms. The zero-order valence-corrected chi connectivity index (χ0v) is 18.2. The highest BCUT2D eigenvalue weighted by atomic mass is 32.2. The molecule has 156 valence electrons. The van der Waals surface area contributed by atoms with Crippen LogP contribution in [0.4, 0.5) is 5.95 Å². The largest absolute Gasteiger partial charge is 0.338 e. The quantitative estimate of drug-likeness (QED) is 0.521. The Morgan fingerprint density at radius 1 is 1.10 bits per heavy atom. The molecule has 0 atom stereocenters. The first kappa shape index (κ1) is 19.5. The molecule has 2 aliphatic rings. The molecule has 1 saturated carbocycles. The van der Waals surface area contributed by atoms with E-state index in [9.17, 15) is 4.79 Å². The van der Waals surface area contributed by atoms with Crippen LogP contribution in [0.3, 0.4) is 0 Å². The van der Waals surface area contributed by atoms with Crippen molar-refractivity contribution >= 4 is 35.0 Å². The number of nitrogens with zero attached hydrogens (tertiary/aromatic N) is 7. The molecule has 0 aromatic carbocycles. The van der Waals surface area contributed by atoms with Crippen LogP contribution in [0.1, 0.15) is 29.6 Å². The zero-order valence-electron chi connectivity index (χ0n) is 16.6. The minimum atomic E-state index is 0.152. The van der Waals surface area contributed by atoms with Gasteiger partial charge in [0.15, 0.2) is 5.16 Å². The Labute approximate surface area is 183 Å². The van der Waals surface area contributed by atoms with Crippen molar-refractivity contribution in [3.63, 3.8) is 0 Å². The fourth-order valence-electron chi connectivity index (χ4n) is 3.62. The Balaban J connectivity index is 1.17. The molecule has 3 aromatic heterocycles. The molecular formula is C20H23N7OS2. The van der Waals surface area contributed by atoms with Gasteiger partial charge in [-0.3, -0.25) is 4.79 Å². The molecule has 1 aliphatic heterocycles. The molecule has 3 aromatic rings. The van der Waals surface area contributed by atoms with Crippen LogP contribution in [-0.2, 0) is 11.2 Å². The summed E-state index contributed by atoms with van der Waals surface area (Å²) in [5.74, 6) is 2.28. The van der Waals surface area contributed by atoms with Crippen LogP contribution < -0.4 is 4.90 Å². The van der Waals surface area contributed by atoms with E-state index in [4.69, 9.17) is 0 Å². The van der Waals surface area contributed by atoms with E-state index in [1.807, 2.05) is 11.0 Å². The van der Waals surface area contributed by atoms with Crippen LogP contribution >= 0.6 is 23.1 Å². The van der Waals surface area contributed by atoms with E-state index in [1.165, 1.54) is 29.5 Å². The van der Waals surface area contributed by atoms with Gasteiger partial charge in [-0.2, -0.15) is 0 Å². The summed E-state index contributed by atoms with van der Waals surface area (Å²) < 4.78 is 2.25. The van der Waals surface area contributed by atoms with Gasteiger partial charge in [-0.05, 0) is 30.4 Å². The Morgan fingerprint density at radius 2 is 1.90 bits per heavy atom. The third-order valence-electron chi connectivity index (χ3n) is 5.35. The molecule has 1 saturated heterocycles. The summed E-state index contributed by atoms with van der Waals surface area (Å²) in [6.07, 6.45) is 6.64. The summed E-state index contributed by atoms with van der Waals surface area (Å²) in [6, 6.07) is 6.50. The van der Waals surface area contributed by atoms with E-state index in [-0.39, 0.29) is 5.91 Å². The second-order valence-electron chi connectivity index (χ2n) is 7.46. The lowest BCUT2D eigenvalue weighted by Gasteiger charge is -2.34. The van der Waals surface area contributed by atoms with Crippen molar-refractivity contribution in [2.45, 2.75) is 30.5 Å². The molecule has 2 fully saturated rings. The van der Waals surface area contributed by atoms with E-state index < -0.39 is 0 Å². The highest BCUT2D eigenvalue weighted by Crippen LogP contribution is 2.39. The summed E-state index contributed by atoms with van der Waals surface area (Å²) in [4.78, 5) is 26.7. The van der Waals surface area contributed by atoms with Gasteiger partial charge in [0, 0.05) is 55.9 Å². The summed E-state index contributed by atoms with van der Waals surface area (Å²) >= 11 is 3.25. The highest BCUT2D eigenvalue weighted by Gasteiger charge is 2.30. The first-order valence-electron chi connectivity index (χ1n) is 10.2. The number of hydrogen-bond donors (Lipinski definition) is 0. The minimum absolute atomic E-state index is 0.152. The van der Waals surface area contributed by atoms with Crippen molar-refractivity contribution < 1.29 is 4.79 Å². The molecule has 0 bridgehead atoms. The second-order valence-corrected chi connectivity index (χ2v) is 9.44. The van der Waals surface area contributed by atoms with Crippen molar-refractivity contribution in [3.05, 3.63) is 46.7 Å². The fourth-order valence-corrected chi connectivity index (χ4v) is 5.25. The van der Waals surface area contributed by atoms with Gasteiger partial charge in [0.25, 0.3) is 0 Å². The van der Waals surface area contributed by atoms with E-state index in [2.05, 4.69) is 47.1 Å². The van der Waals surface area contributed by atoms with Crippen molar-refractivity contribution in [2.24, 2.45) is 0 Å². The maximum atomic E-state index is 12.8. The Hall–Kier alpha value is -2.46. The third kappa shape index (κ3) is 4.34. The van der Waals surface area contributed by atoms with Gasteiger partial charge in [-0.15, -0.1) is 21.5 Å². The lowest BCUT2D eigenvalue weighted by atomic mass is 10.3. The van der Waals surface area contributed by atoms with Gasteiger partial charge >= 0.3 is 0 Å². The third-order valence-corrected chi connectivity index (χ3v) is 7.16. The fraction of sp³-hybridized carbons (Fsp3) is 0.450. The first-order valence-corrected chi connectivity index (χ1v) is 12.0. The maximum absolute atomic E-state index is 12.8. The van der Waals surface area contributed by atoms with Crippen LogP contribution in [0.15, 0.2) is 41.1 Å². The number of amides is 1. The first-order chi connectivity index (χ1) is 14.8. The van der Waals surface area contributed by atoms with Gasteiger partial charge in [-0.25, -0.2) is 9.97 Å². The normalized spacial score (nSPS) is 16.8. The molecule has 0 unspecified atom stereocenters. The predicted octanol–water partition coefficient (Wildman–Crippen LogP) is 2.50. The lowest BCUT2D eigenvalue weighted by molar-refractivity contribution is -0.128. The molecule has 10 heteroatoms. The average molecular weight is 442 g/mol. The topological polar surface area (TPSA) is 80.0 Å². The Kier molecular flexibility index (Phi) is 5.67. The maximum Gasteiger partial charge on any atom is 0.233 e. The number of thioether (sulfide) groups is 1. The van der Waals surface area contributed by atoms with E-state index >= 15 is 0 Å². The molecule has 0 radical (unpaired) electrons. The van der Waals surface area contributed by atoms with Crippen LogP contribution in [-0.4, -0.2) is 67.5 Å². The Bertz CT molecular complexity index is 980. The van der Waals surface area contributed by atoms with Gasteiger partial charge in [0.1, 0.15) is 5.82 Å². The van der Waals surface area contributed by atoms with Gasteiger partial charge in [0.2, 0.25) is 11.9 Å².